The van der Waals surface area contributed by atoms with E-state index < -0.39 is 11.8 Å². The summed E-state index contributed by atoms with van der Waals surface area (Å²) in [5, 5.41) is 12.4. The normalized spacial score (nSPS) is 19.0. The zero-order chi connectivity index (χ0) is 41.6. The van der Waals surface area contributed by atoms with E-state index in [0.29, 0.717) is 0 Å². The molecule has 66 heavy (non-hydrogen) atoms. The van der Waals surface area contributed by atoms with E-state index in [0.717, 1.165) is 11.0 Å². The van der Waals surface area contributed by atoms with Crippen LogP contribution in [0.5, 0.6) is 0 Å². The first-order chi connectivity index (χ1) is 32.7. The highest BCUT2D eigenvalue weighted by molar-refractivity contribution is 6.21. The largest absolute Gasteiger partial charge is 0.553 e. The van der Waals surface area contributed by atoms with Crippen LogP contribution in [-0.4, -0.2) is 28.2 Å². The van der Waals surface area contributed by atoms with Gasteiger partial charge in [-0.25, -0.2) is 18.3 Å². The number of hydrogen-bond donors (Lipinski definition) is 2. The number of H-pyrrole nitrogens is 2. The Hall–Kier alpha value is -9.02. The van der Waals surface area contributed by atoms with Crippen LogP contribution in [0.1, 0.15) is 0 Å². The Labute approximate surface area is 369 Å². The van der Waals surface area contributed by atoms with Gasteiger partial charge in [0, 0.05) is 105 Å². The fourth-order valence-electron chi connectivity index (χ4n) is 15.2. The highest BCUT2D eigenvalue weighted by atomic mass is 15.6. The summed E-state index contributed by atoms with van der Waals surface area (Å²) in [4.78, 5) is 7.12. The lowest BCUT2D eigenvalue weighted by molar-refractivity contribution is -0.965. The van der Waals surface area contributed by atoms with Crippen LogP contribution in [0.15, 0.2) is 159 Å². The van der Waals surface area contributed by atoms with Crippen LogP contribution in [0.25, 0.3) is 154 Å². The molecule has 15 aromatic rings. The van der Waals surface area contributed by atoms with Gasteiger partial charge in [0.25, 0.3) is 22.1 Å². The molecule has 0 bridgehead atoms. The smallest absolute Gasteiger partial charge is 0.361 e. The molecule has 2 spiro atoms. The second-order valence-electron chi connectivity index (χ2n) is 19.6. The molecule has 16 heterocycles. The van der Waals surface area contributed by atoms with Crippen molar-refractivity contribution >= 4 is 109 Å². The van der Waals surface area contributed by atoms with Gasteiger partial charge in [0.05, 0.1) is 65.9 Å². The van der Waals surface area contributed by atoms with Crippen LogP contribution < -0.4 is 18.3 Å². The third kappa shape index (κ3) is 2.50. The van der Waals surface area contributed by atoms with Crippen molar-refractivity contribution < 1.29 is 18.3 Å². The minimum Gasteiger partial charge on any atom is -0.361 e. The number of nitrogens with zero attached hydrogens (tertiary/aromatic N) is 8. The van der Waals surface area contributed by atoms with Crippen LogP contribution in [0.4, 0.5) is 0 Å². The van der Waals surface area contributed by atoms with E-state index in [1.54, 1.807) is 0 Å². The van der Waals surface area contributed by atoms with E-state index >= 15 is 0 Å². The standard InChI is InChI=1S/C56H26N10/c1-3-29-7-11-41-45-35-18-24-62-54(35)46(42-12-8-30-4-2-28-6-10-40-44-34-14-20-58-38(34)26-32-16-22-60(48(32)44)56(62)64(40)50(28)52(30)66(42)56)36-17-23-61(53(36)45)55-59-21-15-31-25-37-33(13-19-57-37)43(47(31)59)39-9-5-27(1)49(63(39)55)51(29)65(41)55/h1-26H/q+2/p+2. The molecule has 10 heteroatoms. The number of pyridine rings is 4. The SMILES string of the molecule is c1cc2c3c4c(ccn4C45n6ccc7c8c9c(ccn9C9%10n%11ccc%12cc%13[nH]ccc%13c(c%12%11)-c%11ccc%12ccc%13ccc-8[n+]9c%13c%12[n+]%11%10)c(c76)-c6ccc7ccc8ccc-3[n+]4c8c7[n+]65)cc2[nH]1. The van der Waals surface area contributed by atoms with Gasteiger partial charge in [-0.3, -0.25) is 0 Å². The first-order valence-corrected chi connectivity index (χ1v) is 22.9. The van der Waals surface area contributed by atoms with Gasteiger partial charge >= 0.3 is 11.8 Å². The van der Waals surface area contributed by atoms with Crippen LogP contribution in [0.3, 0.4) is 0 Å². The Bertz CT molecular complexity index is 4820. The Morgan fingerprint density at radius 3 is 1.05 bits per heavy atom. The van der Waals surface area contributed by atoms with Gasteiger partial charge in [-0.15, -0.1) is 0 Å². The Morgan fingerprint density at radius 2 is 0.652 bits per heavy atom. The molecule has 0 radical (unpaired) electrons. The van der Waals surface area contributed by atoms with Gasteiger partial charge in [0.15, 0.2) is 0 Å². The van der Waals surface area contributed by atoms with Crippen molar-refractivity contribution in [3.05, 3.63) is 159 Å². The van der Waals surface area contributed by atoms with Crippen LogP contribution in [0.2, 0.25) is 0 Å². The van der Waals surface area contributed by atoms with Crippen LogP contribution >= 0.6 is 0 Å². The topological polar surface area (TPSA) is 66.8 Å². The van der Waals surface area contributed by atoms with Crippen molar-refractivity contribution in [3.63, 3.8) is 0 Å². The van der Waals surface area contributed by atoms with Crippen molar-refractivity contribution in [2.75, 3.05) is 0 Å². The minimum atomic E-state index is -0.798. The summed E-state index contributed by atoms with van der Waals surface area (Å²) in [6, 6.07) is 47.0. The molecular weight excluding hydrogens is 813 g/mol. The molecule has 10 nitrogen and oxygen atoms in total. The second-order valence-corrected chi connectivity index (χ2v) is 19.6. The average molecular weight is 841 g/mol. The summed E-state index contributed by atoms with van der Waals surface area (Å²) in [7, 11) is 0. The molecule has 2 N–H and O–H groups in total. The van der Waals surface area contributed by atoms with E-state index in [9.17, 15) is 0 Å². The maximum absolute atomic E-state index is 3.56. The number of hydrogen-bond acceptors (Lipinski definition) is 0. The second kappa shape index (κ2) is 8.76. The quantitative estimate of drug-likeness (QED) is 0.113. The summed E-state index contributed by atoms with van der Waals surface area (Å²) in [6.07, 6.45) is 13.7. The summed E-state index contributed by atoms with van der Waals surface area (Å²) >= 11 is 0. The predicted molar refractivity (Wildman–Crippen MR) is 253 cm³/mol. The van der Waals surface area contributed by atoms with Crippen molar-refractivity contribution in [2.45, 2.75) is 11.8 Å². The molecule has 2 atom stereocenters. The summed E-state index contributed by atoms with van der Waals surface area (Å²) in [5.41, 5.74) is 22.4. The number of fused-ring (bicyclic) bond motifs is 10. The molecule has 6 aliphatic heterocycles. The first-order valence-electron chi connectivity index (χ1n) is 22.9. The molecule has 0 saturated heterocycles. The van der Waals surface area contributed by atoms with Crippen molar-refractivity contribution in [1.82, 2.24) is 28.2 Å². The molecule has 10 aromatic heterocycles. The fourth-order valence-corrected chi connectivity index (χ4v) is 15.2. The zero-order valence-corrected chi connectivity index (χ0v) is 34.6. The van der Waals surface area contributed by atoms with Gasteiger partial charge in [-0.2, -0.15) is 0 Å². The van der Waals surface area contributed by atoms with E-state index in [1.807, 2.05) is 0 Å². The number of rotatable bonds is 0. The summed E-state index contributed by atoms with van der Waals surface area (Å²) in [6.45, 7) is 0. The van der Waals surface area contributed by atoms with Gasteiger partial charge < -0.3 is 9.97 Å². The number of aromatic nitrogens is 10. The van der Waals surface area contributed by atoms with Gasteiger partial charge in [0.2, 0.25) is 22.8 Å². The Kier molecular flexibility index (Phi) is 4.00. The molecule has 0 aliphatic carbocycles. The third-order valence-electron chi connectivity index (χ3n) is 17.3. The third-order valence-corrected chi connectivity index (χ3v) is 17.3. The molecule has 6 aliphatic rings. The molecule has 0 fully saturated rings. The van der Waals surface area contributed by atoms with Gasteiger partial charge in [-0.1, -0.05) is 18.3 Å². The maximum atomic E-state index is 3.56. The fraction of sp³-hybridized carbons (Fsp3) is 0.0357. The first kappa shape index (κ1) is 30.1. The predicted octanol–water partition coefficient (Wildman–Crippen LogP) is 9.20. The molecule has 0 saturated carbocycles. The molecule has 298 valence electrons. The lowest BCUT2D eigenvalue weighted by Crippen LogP contribution is -2.80. The number of benzene rings is 5. The number of aromatic amines is 2. The van der Waals surface area contributed by atoms with Crippen molar-refractivity contribution in [1.29, 1.82) is 0 Å². The van der Waals surface area contributed by atoms with Crippen LogP contribution in [-0.2, 0) is 11.8 Å². The molecule has 5 aromatic carbocycles. The van der Waals surface area contributed by atoms with Gasteiger partial charge in [0.1, 0.15) is 0 Å². The van der Waals surface area contributed by atoms with Gasteiger partial charge in [-0.05, 0) is 97.1 Å². The minimum absolute atomic E-state index is 0.798. The average Bonchev–Trinajstić information content (AvgIpc) is 4.21. The lowest BCUT2D eigenvalue weighted by Gasteiger charge is -2.34. The summed E-state index contributed by atoms with van der Waals surface area (Å²) in [5.74, 6) is -1.60. The zero-order valence-electron chi connectivity index (χ0n) is 34.6. The highest BCUT2D eigenvalue weighted by Crippen LogP contribution is 2.55. The van der Waals surface area contributed by atoms with Crippen molar-refractivity contribution in [2.24, 2.45) is 0 Å². The maximum Gasteiger partial charge on any atom is 0.553 e. The lowest BCUT2D eigenvalue weighted by atomic mass is 9.92. The Balaban J connectivity index is 1.00. The van der Waals surface area contributed by atoms with Crippen LogP contribution in [0, 0.1) is 0 Å². The van der Waals surface area contributed by atoms with E-state index in [-0.39, 0.29) is 0 Å². The van der Waals surface area contributed by atoms with E-state index in [4.69, 9.17) is 0 Å². The highest BCUT2D eigenvalue weighted by Gasteiger charge is 2.72. The number of nitrogens with one attached hydrogen (secondary N) is 2. The molecule has 0 amide bonds. The molecule has 21 rings (SSSR count). The molecule has 2 unspecified atom stereocenters. The Morgan fingerprint density at radius 1 is 0.318 bits per heavy atom. The summed E-state index contributed by atoms with van der Waals surface area (Å²) < 4.78 is 21.2. The monoisotopic (exact) mass is 840 g/mol. The van der Waals surface area contributed by atoms with Crippen molar-refractivity contribution in [3.8, 4) is 45.0 Å². The van der Waals surface area contributed by atoms with E-state index in [1.165, 1.54) is 143 Å². The van der Waals surface area contributed by atoms with E-state index in [2.05, 4.69) is 205 Å². The molecular formula is C56H28N10+4.